The molecule has 0 aromatic carbocycles. The molecule has 0 bridgehead atoms. The van der Waals surface area contributed by atoms with Crippen LogP contribution in [0.25, 0.3) is 0 Å². The average molecular weight is 1370 g/mol. The zero-order valence-corrected chi connectivity index (χ0v) is 63.4. The maximum Gasteiger partial charge on any atom is 0.509 e. The lowest BCUT2D eigenvalue weighted by molar-refractivity contribution is -0.157. The number of nitrogens with one attached hydrogen (secondary N) is 4. The van der Waals surface area contributed by atoms with E-state index in [0.29, 0.717) is 0 Å². The number of aliphatic hydroxyl groups excluding tert-OH is 1. The number of amides is 11. The quantitative estimate of drug-likeness (QED) is 0.0877. The zero-order chi connectivity index (χ0) is 75.2. The van der Waals surface area contributed by atoms with Crippen LogP contribution in [0.4, 0.5) is 4.79 Å². The van der Waals surface area contributed by atoms with E-state index in [9.17, 15) is 38.7 Å². The summed E-state index contributed by atoms with van der Waals surface area (Å²) >= 11 is 0. The first-order valence-electron chi connectivity index (χ1n) is 34.2. The van der Waals surface area contributed by atoms with Crippen LogP contribution in [0.3, 0.4) is 0 Å². The molecule has 0 aromatic heterocycles. The third-order valence-corrected chi connectivity index (χ3v) is 17.5. The molecule has 1 rings (SSSR count). The maximum absolute atomic E-state index is 15.3. The molecule has 1 saturated heterocycles. The SMILES string of the molecule is C/C=C/C[C@@H](C)[C@@H](O)[C@H]1C(=O)N[C@@H](CC)C(=O)N(C)[C@H](C)C(=O)N(C)[C@@H]([C@@H](C)OC/C=C/COC(=O)OC(C)(C)C)C(=O)N[C@@H](C(C)C)C(=O)N(C)[C@H](CC(C)C)C(=O)N[C@@H](C)C(=O)N[C@@H](C)C(=O)N(C)[C@@H](CC(C)C)C(=O)N(C)[C@H](CC(C)C)C(=O)N(C)[C@@H](C(C)C)C(=O)N1C. The maximum atomic E-state index is 15.3. The molecule has 0 aromatic rings. The van der Waals surface area contributed by atoms with Gasteiger partial charge in [-0.3, -0.25) is 52.7 Å². The average Bonchev–Trinajstić information content (AvgIpc) is 0.812. The van der Waals surface area contributed by atoms with Gasteiger partial charge in [0.25, 0.3) is 0 Å². The molecule has 0 unspecified atom stereocenters. The van der Waals surface area contributed by atoms with Gasteiger partial charge in [0.05, 0.1) is 18.8 Å². The third kappa shape index (κ3) is 25.9. The Balaban J connectivity index is 4.43. The minimum Gasteiger partial charge on any atom is -0.430 e. The van der Waals surface area contributed by atoms with Crippen molar-refractivity contribution in [3.63, 3.8) is 0 Å². The number of allylic oxidation sites excluding steroid dienone is 2. The lowest BCUT2D eigenvalue weighted by atomic mass is 9.91. The van der Waals surface area contributed by atoms with Crippen LogP contribution in [0, 0.1) is 35.5 Å². The van der Waals surface area contributed by atoms with Crippen molar-refractivity contribution in [2.45, 2.75) is 255 Å². The van der Waals surface area contributed by atoms with Crippen molar-refractivity contribution in [3.05, 3.63) is 24.3 Å². The molecule has 27 heteroatoms. The van der Waals surface area contributed by atoms with Gasteiger partial charge in [-0.15, -0.1) is 0 Å². The number of carbonyl (C=O) groups excluding carboxylic acids is 12. The number of hydrogen-bond donors (Lipinski definition) is 5. The number of hydrogen-bond acceptors (Lipinski definition) is 16. The minimum atomic E-state index is -1.67. The van der Waals surface area contributed by atoms with Crippen LogP contribution in [-0.4, -0.2) is 257 Å². The second-order valence-corrected chi connectivity index (χ2v) is 29.1. The summed E-state index contributed by atoms with van der Waals surface area (Å²) in [4.78, 5) is 183. The summed E-state index contributed by atoms with van der Waals surface area (Å²) < 4.78 is 16.5. The summed E-state index contributed by atoms with van der Waals surface area (Å²) in [7, 11) is 9.67. The molecule has 1 fully saturated rings. The fraction of sp³-hybridized carbons (Fsp3) is 0.771. The summed E-state index contributed by atoms with van der Waals surface area (Å²) in [5.74, 6) is -10.7. The Labute approximate surface area is 578 Å². The van der Waals surface area contributed by atoms with E-state index in [1.54, 1.807) is 81.4 Å². The topological polar surface area (TPSA) is 324 Å². The molecule has 1 heterocycles. The number of aliphatic hydroxyl groups is 1. The third-order valence-electron chi connectivity index (χ3n) is 17.5. The number of nitrogens with zero attached hydrogens (tertiary/aromatic N) is 7. The Kier molecular flexibility index (Phi) is 36.3. The smallest absolute Gasteiger partial charge is 0.430 e. The van der Waals surface area contributed by atoms with E-state index in [1.807, 2.05) is 41.5 Å². The molecular weight excluding hydrogens is 1250 g/mol. The Morgan fingerprint density at radius 2 is 0.948 bits per heavy atom. The molecule has 0 aliphatic carbocycles. The highest BCUT2D eigenvalue weighted by Crippen LogP contribution is 2.26. The standard InChI is InChI=1S/C70H123N11O16/c1-28-30-33-44(13)57(82)56-61(86)73-49(29-2)64(89)75(21)47(16)63(88)80(26)55(48(17)95-34-31-32-35-96-69(94)97-70(18,19)20)60(85)74-53(42(9)10)67(92)76(22)50(36-39(3)4)59(84)71-45(14)58(83)72-46(15)62(87)77(23)51(37-40(5)6)65(90)78(24)52(38-41(7)8)66(91)79(25)54(43(11)12)68(93)81(56)27/h28,30-32,39-57,82H,29,33-38H2,1-27H3,(H,71,84)(H,72,83)(H,73,86)(H,74,85)/b30-28+,32-31+/t44-,45+,46+,47-,48-,49+,50-,51+,52-,53+,54+,55+,56+,57-/m1/s1. The van der Waals surface area contributed by atoms with Crippen LogP contribution in [0.1, 0.15) is 171 Å². The van der Waals surface area contributed by atoms with Gasteiger partial charge in [0, 0.05) is 49.3 Å². The fourth-order valence-corrected chi connectivity index (χ4v) is 11.5. The van der Waals surface area contributed by atoms with E-state index < -0.39 is 173 Å². The Bertz CT molecular complexity index is 2730. The van der Waals surface area contributed by atoms with E-state index in [1.165, 1.54) is 109 Å². The minimum absolute atomic E-state index is 0.0460. The van der Waals surface area contributed by atoms with E-state index in [2.05, 4.69) is 21.3 Å². The number of rotatable bonds is 19. The van der Waals surface area contributed by atoms with Crippen LogP contribution in [-0.2, 0) is 67.0 Å². The highest BCUT2D eigenvalue weighted by molar-refractivity contribution is 6.00. The second kappa shape index (κ2) is 40.0. The molecule has 5 N–H and O–H groups in total. The van der Waals surface area contributed by atoms with Crippen molar-refractivity contribution in [2.24, 2.45) is 35.5 Å². The monoisotopic (exact) mass is 1370 g/mol. The van der Waals surface area contributed by atoms with Crippen molar-refractivity contribution >= 4 is 71.1 Å². The van der Waals surface area contributed by atoms with Crippen molar-refractivity contribution in [3.8, 4) is 0 Å². The summed E-state index contributed by atoms with van der Waals surface area (Å²) in [6.07, 6.45) is 3.53. The molecule has 1 aliphatic rings. The van der Waals surface area contributed by atoms with Crippen LogP contribution in [0.2, 0.25) is 0 Å². The summed E-state index contributed by atoms with van der Waals surface area (Å²) in [5, 5.41) is 23.2. The van der Waals surface area contributed by atoms with Gasteiger partial charge >= 0.3 is 6.16 Å². The number of ether oxygens (including phenoxy) is 3. The van der Waals surface area contributed by atoms with Crippen LogP contribution in [0.5, 0.6) is 0 Å². The highest BCUT2D eigenvalue weighted by Gasteiger charge is 2.46. The summed E-state index contributed by atoms with van der Waals surface area (Å²) in [6.45, 7) is 33.4. The lowest BCUT2D eigenvalue weighted by Crippen LogP contribution is -2.64. The molecule has 1 aliphatic heterocycles. The van der Waals surface area contributed by atoms with Gasteiger partial charge in [0.15, 0.2) is 0 Å². The molecule has 0 radical (unpaired) electrons. The van der Waals surface area contributed by atoms with E-state index >= 15 is 24.0 Å². The van der Waals surface area contributed by atoms with Crippen molar-refractivity contribution < 1.29 is 76.9 Å². The van der Waals surface area contributed by atoms with Gasteiger partial charge < -0.3 is 74.9 Å². The van der Waals surface area contributed by atoms with Crippen molar-refractivity contribution in [1.29, 1.82) is 0 Å². The van der Waals surface area contributed by atoms with Crippen molar-refractivity contribution in [1.82, 2.24) is 55.6 Å². The van der Waals surface area contributed by atoms with Gasteiger partial charge in [0.1, 0.15) is 78.7 Å². The first-order chi connectivity index (χ1) is 44.7. The molecule has 0 saturated carbocycles. The van der Waals surface area contributed by atoms with Gasteiger partial charge in [-0.25, -0.2) is 4.79 Å². The van der Waals surface area contributed by atoms with Crippen LogP contribution in [0.15, 0.2) is 24.3 Å². The first kappa shape index (κ1) is 87.9. The van der Waals surface area contributed by atoms with E-state index in [4.69, 9.17) is 14.2 Å². The van der Waals surface area contributed by atoms with Crippen LogP contribution >= 0.6 is 0 Å². The highest BCUT2D eigenvalue weighted by atomic mass is 16.7. The number of carbonyl (C=O) groups is 12. The number of likely N-dealkylation sites (N-methyl/N-ethyl adjacent to an activating group) is 7. The first-order valence-corrected chi connectivity index (χ1v) is 34.2. The largest absolute Gasteiger partial charge is 0.509 e. The van der Waals surface area contributed by atoms with Gasteiger partial charge in [0.2, 0.25) is 65.0 Å². The molecule has 554 valence electrons. The van der Waals surface area contributed by atoms with E-state index in [0.717, 1.165) is 14.7 Å². The fourth-order valence-electron chi connectivity index (χ4n) is 11.5. The molecule has 11 amide bonds. The second-order valence-electron chi connectivity index (χ2n) is 29.1. The normalized spacial score (nSPS) is 26.3. The molecule has 27 nitrogen and oxygen atoms in total. The molecule has 14 atom stereocenters. The molecule has 0 spiro atoms. The Morgan fingerprint density at radius 3 is 1.43 bits per heavy atom. The zero-order valence-electron chi connectivity index (χ0n) is 63.4. The Hall–Kier alpha value is -7.16. The van der Waals surface area contributed by atoms with Gasteiger partial charge in [-0.2, -0.15) is 0 Å². The lowest BCUT2D eigenvalue weighted by Gasteiger charge is -2.41. The van der Waals surface area contributed by atoms with E-state index in [-0.39, 0.29) is 63.1 Å². The Morgan fingerprint density at radius 1 is 0.495 bits per heavy atom. The van der Waals surface area contributed by atoms with Crippen molar-refractivity contribution in [2.75, 3.05) is 62.5 Å². The molecule has 97 heavy (non-hydrogen) atoms. The summed E-state index contributed by atoms with van der Waals surface area (Å²) in [6, 6.07) is -14.7. The van der Waals surface area contributed by atoms with Gasteiger partial charge in [-0.1, -0.05) is 101 Å². The molecular formula is C70H123N11O16. The van der Waals surface area contributed by atoms with Crippen LogP contribution < -0.4 is 21.3 Å². The van der Waals surface area contributed by atoms with Gasteiger partial charge in [-0.05, 0) is 129 Å². The predicted molar refractivity (Wildman–Crippen MR) is 370 cm³/mol. The summed E-state index contributed by atoms with van der Waals surface area (Å²) in [5.41, 5.74) is -0.800. The predicted octanol–water partition coefficient (Wildman–Crippen LogP) is 4.52.